The third-order valence-corrected chi connectivity index (χ3v) is 28.7. The van der Waals surface area contributed by atoms with E-state index < -0.39 is 0 Å². The number of fused-ring (bicyclic) bond motifs is 8. The first-order chi connectivity index (χ1) is 68.1. The summed E-state index contributed by atoms with van der Waals surface area (Å²) in [5.74, 6) is 12.6. The minimum Gasteiger partial charge on any atom is -0.361 e. The molecule has 694 valence electrons. The maximum Gasteiger partial charge on any atom is 0.141 e. The van der Waals surface area contributed by atoms with E-state index in [9.17, 15) is 0 Å². The van der Waals surface area contributed by atoms with Gasteiger partial charge in [-0.1, -0.05) is 140 Å². The number of aromatic amines is 5. The number of hydrogen-bond acceptors (Lipinski definition) is 16. The van der Waals surface area contributed by atoms with Gasteiger partial charge < -0.3 is 51.9 Å². The molecule has 22 heteroatoms. The number of nitrogens with zero attached hydrogens (tertiary/aromatic N) is 12. The van der Waals surface area contributed by atoms with Gasteiger partial charge >= 0.3 is 0 Å². The van der Waals surface area contributed by atoms with Crippen LogP contribution < -0.4 is 0 Å². The van der Waals surface area contributed by atoms with Gasteiger partial charge in [0.25, 0.3) is 0 Å². The van der Waals surface area contributed by atoms with E-state index in [1.54, 1.807) is 0 Å². The molecule has 140 heavy (non-hydrogen) atoms. The second kappa shape index (κ2) is 34.6. The van der Waals surface area contributed by atoms with Crippen LogP contribution in [0.1, 0.15) is 202 Å². The summed E-state index contributed by atoms with van der Waals surface area (Å²) in [5.41, 5.74) is 44.9. The van der Waals surface area contributed by atoms with Crippen LogP contribution in [-0.4, -0.2) is 85.0 Å². The van der Waals surface area contributed by atoms with Crippen molar-refractivity contribution < 1.29 is 22.6 Å². The summed E-state index contributed by atoms with van der Waals surface area (Å²) in [6.07, 6.45) is 16.2. The first-order valence-corrected chi connectivity index (χ1v) is 49.0. The molecule has 0 bridgehead atoms. The van der Waals surface area contributed by atoms with Gasteiger partial charge in [-0.2, -0.15) is 0 Å². The van der Waals surface area contributed by atoms with Crippen LogP contribution >= 0.6 is 0 Å². The Morgan fingerprint density at radius 3 is 1.04 bits per heavy atom. The second-order valence-corrected chi connectivity index (χ2v) is 39.3. The van der Waals surface area contributed by atoms with Gasteiger partial charge in [-0.15, -0.1) is 0 Å². The second-order valence-electron chi connectivity index (χ2n) is 39.3. The summed E-state index contributed by atoms with van der Waals surface area (Å²) in [6, 6.07) is 71.2. The molecule has 10 aromatic carbocycles. The predicted molar refractivity (Wildman–Crippen MR) is 555 cm³/mol. The van der Waals surface area contributed by atoms with E-state index in [-0.39, 0.29) is 0 Å². The highest BCUT2D eigenvalue weighted by Gasteiger charge is 2.35. The number of benzene rings is 10. The molecule has 5 N–H and O–H groups in total. The number of pyridine rings is 2. The number of nitrogens with one attached hydrogen (secondary N) is 5. The zero-order valence-corrected chi connectivity index (χ0v) is 81.1. The Morgan fingerprint density at radius 1 is 0.279 bits per heavy atom. The lowest BCUT2D eigenvalue weighted by molar-refractivity contribution is 0.393. The van der Waals surface area contributed by atoms with E-state index in [1.165, 1.54) is 125 Å². The van der Waals surface area contributed by atoms with Crippen molar-refractivity contribution in [2.24, 2.45) is 0 Å². The number of hydrogen-bond donors (Lipinski definition) is 5. The van der Waals surface area contributed by atoms with E-state index in [1.807, 2.05) is 87.6 Å². The zero-order valence-electron chi connectivity index (χ0n) is 81.1. The maximum atomic E-state index is 5.46. The lowest BCUT2D eigenvalue weighted by atomic mass is 9.93. The number of aryl methyl sites for hydroxylation is 13. The molecular formula is C118H107N17O5. The molecule has 0 atom stereocenters. The Bertz CT molecular complexity index is 8500. The van der Waals surface area contributed by atoms with Crippen LogP contribution in [0.3, 0.4) is 0 Å². The van der Waals surface area contributed by atoms with Gasteiger partial charge in [-0.25, -0.2) is 24.9 Å². The van der Waals surface area contributed by atoms with Crippen molar-refractivity contribution >= 4 is 82.4 Å². The average molecular weight is 1840 g/mol. The zero-order chi connectivity index (χ0) is 95.3. The van der Waals surface area contributed by atoms with E-state index in [0.29, 0.717) is 29.6 Å². The molecule has 23 aromatic rings. The summed E-state index contributed by atoms with van der Waals surface area (Å²) in [7, 11) is 0. The van der Waals surface area contributed by atoms with Crippen LogP contribution in [0.25, 0.3) is 194 Å². The minimum absolute atomic E-state index is 0.562. The molecule has 28 rings (SSSR count). The van der Waals surface area contributed by atoms with Gasteiger partial charge in [-0.05, 0) is 330 Å². The minimum atomic E-state index is 0.562. The van der Waals surface area contributed by atoms with Gasteiger partial charge in [0.2, 0.25) is 0 Å². The van der Waals surface area contributed by atoms with Crippen LogP contribution in [0.2, 0.25) is 0 Å². The number of aromatic nitrogens is 17. The highest BCUT2D eigenvalue weighted by Crippen LogP contribution is 2.50. The first kappa shape index (κ1) is 86.8. The Morgan fingerprint density at radius 2 is 0.621 bits per heavy atom. The Kier molecular flexibility index (Phi) is 21.5. The van der Waals surface area contributed by atoms with E-state index in [4.69, 9.17) is 47.5 Å². The lowest BCUT2D eigenvalue weighted by Gasteiger charge is -2.11. The smallest absolute Gasteiger partial charge is 0.141 e. The van der Waals surface area contributed by atoms with Crippen molar-refractivity contribution in [2.45, 2.75) is 191 Å². The topological polar surface area (TPSA) is 291 Å². The molecule has 13 aromatic heterocycles. The van der Waals surface area contributed by atoms with Crippen molar-refractivity contribution in [1.82, 2.24) is 85.0 Å². The Balaban J connectivity index is 0.0000000949. The highest BCUT2D eigenvalue weighted by atomic mass is 16.5. The van der Waals surface area contributed by atoms with E-state index in [2.05, 4.69) is 282 Å². The van der Waals surface area contributed by atoms with Gasteiger partial charge in [0.05, 0.1) is 94.8 Å². The monoisotopic (exact) mass is 1840 g/mol. The fourth-order valence-electron chi connectivity index (χ4n) is 20.9. The van der Waals surface area contributed by atoms with Gasteiger partial charge in [0, 0.05) is 109 Å². The van der Waals surface area contributed by atoms with Crippen molar-refractivity contribution in [2.75, 3.05) is 0 Å². The molecule has 5 aliphatic carbocycles. The quantitative estimate of drug-likeness (QED) is 0.0637. The Hall–Kier alpha value is -16.0. The van der Waals surface area contributed by atoms with Crippen molar-refractivity contribution in [1.29, 1.82) is 0 Å². The molecule has 5 fully saturated rings. The summed E-state index contributed by atoms with van der Waals surface area (Å²) in [5, 5.41) is 24.4. The van der Waals surface area contributed by atoms with Crippen LogP contribution in [0.15, 0.2) is 235 Å². The third kappa shape index (κ3) is 16.2. The molecule has 0 aliphatic heterocycles. The van der Waals surface area contributed by atoms with Crippen LogP contribution in [0.4, 0.5) is 0 Å². The fourth-order valence-corrected chi connectivity index (χ4v) is 20.9. The molecule has 13 heterocycles. The van der Waals surface area contributed by atoms with Crippen LogP contribution in [0.5, 0.6) is 0 Å². The van der Waals surface area contributed by atoms with E-state index in [0.717, 1.165) is 242 Å². The van der Waals surface area contributed by atoms with Crippen molar-refractivity contribution in [3.63, 3.8) is 0 Å². The summed E-state index contributed by atoms with van der Waals surface area (Å²) < 4.78 is 29.4. The summed E-state index contributed by atoms with van der Waals surface area (Å²) in [4.78, 5) is 47.5. The average Bonchev–Trinajstić information content (AvgIpc) is 1.63. The molecule has 0 radical (unpaired) electrons. The molecule has 0 unspecified atom stereocenters. The summed E-state index contributed by atoms with van der Waals surface area (Å²) in [6.45, 7) is 28.4. The SMILES string of the molecule is Cc1cc(C)cc(-c2cc(-c3c(C)noc3C)cc3[nH]c(C4CC4)nc23)c1.Cc1cccc(-c2cc(-c3c(C)noc3C)cc3[nH]c(C4CC4)nc23)c1C.Cc1noc(C)c1-c1cc(-c2ccc3ccccn23)c2nc(C3CC3)[nH]c2c1.Cc1noc(C)c1-c1cc(-c2cccc3ccccc23)c2nc(C3CC3)[nH]c2c1.Cc1noc(C)c1-c1cc(-c2cccc3ncccc23)c2nc(C3CC3)[nH]c2c1. The van der Waals surface area contributed by atoms with Crippen LogP contribution in [-0.2, 0) is 0 Å². The van der Waals surface area contributed by atoms with E-state index >= 15 is 0 Å². The Labute approximate surface area is 808 Å². The number of imidazole rings is 5. The van der Waals surface area contributed by atoms with Gasteiger partial charge in [0.1, 0.15) is 57.9 Å². The molecule has 5 saturated carbocycles. The standard InChI is InChI=1S/C25H21N3O.C24H20N4O.C23H20N4O.2C23H23N3O/c1-14-23(15(2)29-28-14)18-12-21(20-9-5-7-16-6-3-4-8-19(16)20)24-22(13-18)26-25(27-24)17-10-11-17;1-13-22(14(2)29-28-13)16-11-19(17-5-3-7-20-18(17)6-4-10-25-20)23-21(12-16)26-24(27-23)15-8-9-15;1-13-21(14(2)28-26-13)16-11-18(20-9-8-17-5-3-4-10-27(17)20)22-19(12-16)24-23(25-22)15-6-7-15;1-12-7-13(2)9-17(8-12)19-10-18(21-14(3)26-27-15(21)4)11-20-22(19)25-23(24-20)16-5-6-16;1-12-6-5-7-18(13(12)2)19-10-17(21-14(3)26-27-15(21)4)11-20-22(19)25-23(24-20)16-8-9-16/h3-9,12-13,17H,10-11H2,1-2H3,(H,26,27);3-7,10-12,15H,8-9H2,1-2H3,(H,26,27);3-5,8-12,15H,6-7H2,1-2H3,(H,24,25);7-11,16H,5-6H2,1-4H3,(H,24,25);5-7,10-11,16H,8-9H2,1-4H3,(H,24,25). The van der Waals surface area contributed by atoms with Crippen LogP contribution in [0, 0.1) is 96.9 Å². The first-order valence-electron chi connectivity index (χ1n) is 49.0. The van der Waals surface area contributed by atoms with Gasteiger partial charge in [-0.3, -0.25) is 4.98 Å². The van der Waals surface area contributed by atoms with Crippen molar-refractivity contribution in [3.05, 3.63) is 321 Å². The summed E-state index contributed by atoms with van der Waals surface area (Å²) >= 11 is 0. The highest BCUT2D eigenvalue weighted by molar-refractivity contribution is 6.08. The lowest BCUT2D eigenvalue weighted by Crippen LogP contribution is -1.91. The molecule has 0 amide bonds. The number of H-pyrrole nitrogens is 5. The molecule has 0 saturated heterocycles. The predicted octanol–water partition coefficient (Wildman–Crippen LogP) is 30.1. The van der Waals surface area contributed by atoms with Gasteiger partial charge in [0.15, 0.2) is 0 Å². The number of rotatable bonds is 15. The molecule has 5 aliphatic rings. The maximum absolute atomic E-state index is 5.46. The third-order valence-electron chi connectivity index (χ3n) is 28.7. The normalized spacial score (nSPS) is 14.2. The molecule has 0 spiro atoms. The molecule has 22 nitrogen and oxygen atoms in total. The largest absolute Gasteiger partial charge is 0.361 e. The molecular weight excluding hydrogens is 1740 g/mol. The fraction of sp³-hybridized carbons (Fsp3) is 0.246. The van der Waals surface area contributed by atoms with Crippen molar-refractivity contribution in [3.8, 4) is 111 Å².